The van der Waals surface area contributed by atoms with Crippen molar-refractivity contribution in [2.75, 3.05) is 29.9 Å². The Hall–Kier alpha value is -3.22. The van der Waals surface area contributed by atoms with Gasteiger partial charge < -0.3 is 10.2 Å². The lowest BCUT2D eigenvalue weighted by molar-refractivity contribution is -0.132. The summed E-state index contributed by atoms with van der Waals surface area (Å²) in [5.74, 6) is -0.847. The topological polar surface area (TPSA) is 65.0 Å². The van der Waals surface area contributed by atoms with Gasteiger partial charge in [-0.3, -0.25) is 9.59 Å². The number of amides is 2. The minimum atomic E-state index is -0.342. The Morgan fingerprint density at radius 1 is 1.00 bits per heavy atom. The second kappa shape index (κ2) is 9.07. The molecule has 1 N–H and O–H groups in total. The third-order valence-corrected chi connectivity index (χ3v) is 5.44. The fraction of sp³-hybridized carbons (Fsp3) is 0.348. The molecule has 2 heterocycles. The number of anilines is 2. The number of nitrogens with one attached hydrogen (secondary N) is 1. The normalized spacial score (nSPS) is 16.0. The molecule has 2 aliphatic heterocycles. The molecular weight excluding hydrogens is 383 g/mol. The van der Waals surface area contributed by atoms with E-state index in [4.69, 9.17) is 0 Å². The summed E-state index contributed by atoms with van der Waals surface area (Å²) >= 11 is 0. The number of hydrazone groups is 1. The van der Waals surface area contributed by atoms with Crippen LogP contribution < -0.4 is 10.2 Å². The molecule has 2 aromatic rings. The maximum absolute atomic E-state index is 14.4. The molecule has 30 heavy (non-hydrogen) atoms. The van der Waals surface area contributed by atoms with Crippen LogP contribution >= 0.6 is 0 Å². The molecule has 2 aliphatic rings. The number of carbonyl (C=O) groups is 2. The minimum Gasteiger partial charge on any atom is -0.369 e. The molecule has 4 rings (SSSR count). The van der Waals surface area contributed by atoms with Crippen LogP contribution in [0.2, 0.25) is 0 Å². The number of benzene rings is 2. The monoisotopic (exact) mass is 408 g/mol. The van der Waals surface area contributed by atoms with Crippen LogP contribution in [0.4, 0.5) is 15.8 Å². The summed E-state index contributed by atoms with van der Waals surface area (Å²) < 4.78 is 14.4. The van der Waals surface area contributed by atoms with E-state index in [9.17, 15) is 14.0 Å². The Labute approximate surface area is 175 Å². The lowest BCUT2D eigenvalue weighted by atomic mass is 10.1. The van der Waals surface area contributed by atoms with Crippen LogP contribution in [0.5, 0.6) is 0 Å². The van der Waals surface area contributed by atoms with Gasteiger partial charge in [-0.2, -0.15) is 5.10 Å². The molecule has 156 valence electrons. The van der Waals surface area contributed by atoms with Crippen LogP contribution in [0.15, 0.2) is 53.6 Å². The molecule has 0 aromatic heterocycles. The fourth-order valence-electron chi connectivity index (χ4n) is 3.84. The molecule has 2 aromatic carbocycles. The van der Waals surface area contributed by atoms with Crippen molar-refractivity contribution in [1.82, 2.24) is 5.01 Å². The molecule has 7 heteroatoms. The summed E-state index contributed by atoms with van der Waals surface area (Å²) in [4.78, 5) is 26.6. The van der Waals surface area contributed by atoms with E-state index in [-0.39, 0.29) is 30.5 Å². The predicted molar refractivity (Wildman–Crippen MR) is 115 cm³/mol. The molecule has 0 bridgehead atoms. The average molecular weight is 408 g/mol. The molecule has 6 nitrogen and oxygen atoms in total. The third-order valence-electron chi connectivity index (χ3n) is 5.44. The first-order valence-corrected chi connectivity index (χ1v) is 10.4. The van der Waals surface area contributed by atoms with Gasteiger partial charge in [0.2, 0.25) is 11.8 Å². The van der Waals surface area contributed by atoms with Crippen LogP contribution in [0.25, 0.3) is 0 Å². The zero-order valence-electron chi connectivity index (χ0n) is 16.8. The molecule has 1 fully saturated rings. The Morgan fingerprint density at radius 3 is 2.50 bits per heavy atom. The summed E-state index contributed by atoms with van der Waals surface area (Å²) in [6.07, 6.45) is 2.93. The number of halogens is 1. The van der Waals surface area contributed by atoms with Crippen molar-refractivity contribution in [2.45, 2.75) is 32.1 Å². The highest BCUT2D eigenvalue weighted by atomic mass is 19.1. The van der Waals surface area contributed by atoms with Crippen molar-refractivity contribution in [3.63, 3.8) is 0 Å². The van der Waals surface area contributed by atoms with Gasteiger partial charge in [0.25, 0.3) is 0 Å². The molecule has 0 saturated carbocycles. The van der Waals surface area contributed by atoms with Gasteiger partial charge in [0.15, 0.2) is 0 Å². The van der Waals surface area contributed by atoms with E-state index in [1.54, 1.807) is 12.1 Å². The second-order valence-corrected chi connectivity index (χ2v) is 7.59. The maximum Gasteiger partial charge on any atom is 0.243 e. The van der Waals surface area contributed by atoms with Crippen molar-refractivity contribution in [1.29, 1.82) is 0 Å². The van der Waals surface area contributed by atoms with Crippen LogP contribution in [-0.4, -0.2) is 42.2 Å². The molecule has 0 spiro atoms. The van der Waals surface area contributed by atoms with Gasteiger partial charge in [-0.15, -0.1) is 0 Å². The van der Waals surface area contributed by atoms with Crippen LogP contribution in [-0.2, 0) is 9.59 Å². The molecule has 0 aliphatic carbocycles. The Bertz CT molecular complexity index is 955. The number of carbonyl (C=O) groups excluding carboxylic acids is 2. The van der Waals surface area contributed by atoms with Crippen molar-refractivity contribution in [3.8, 4) is 0 Å². The van der Waals surface area contributed by atoms with Gasteiger partial charge >= 0.3 is 0 Å². The van der Waals surface area contributed by atoms with Crippen molar-refractivity contribution in [3.05, 3.63) is 59.9 Å². The molecule has 0 unspecified atom stereocenters. The highest BCUT2D eigenvalue weighted by Crippen LogP contribution is 2.26. The Balaban J connectivity index is 1.28. The number of rotatable bonds is 6. The lowest BCUT2D eigenvalue weighted by Gasteiger charge is -2.19. The first-order valence-electron chi connectivity index (χ1n) is 10.4. The van der Waals surface area contributed by atoms with E-state index in [1.165, 1.54) is 11.1 Å². The molecule has 1 saturated heterocycles. The predicted octanol–water partition coefficient (Wildman–Crippen LogP) is 3.78. The fourth-order valence-corrected chi connectivity index (χ4v) is 3.84. The van der Waals surface area contributed by atoms with Crippen LogP contribution in [0, 0.1) is 5.82 Å². The van der Waals surface area contributed by atoms with E-state index < -0.39 is 0 Å². The van der Waals surface area contributed by atoms with E-state index in [1.807, 2.05) is 35.2 Å². The first kappa shape index (κ1) is 20.1. The maximum atomic E-state index is 14.4. The van der Waals surface area contributed by atoms with E-state index >= 15 is 0 Å². The van der Waals surface area contributed by atoms with Gasteiger partial charge in [-0.05, 0) is 36.6 Å². The summed E-state index contributed by atoms with van der Waals surface area (Å²) in [6, 6.07) is 14.5. The van der Waals surface area contributed by atoms with E-state index in [2.05, 4.69) is 10.4 Å². The van der Waals surface area contributed by atoms with Gasteiger partial charge in [-0.25, -0.2) is 9.40 Å². The SMILES string of the molecule is O=C(CCC(=O)N1CCC(c2ccccc2)=N1)Nc1ccc(N2CCCC2)c(F)c1. The summed E-state index contributed by atoms with van der Waals surface area (Å²) in [7, 11) is 0. The Kier molecular flexibility index (Phi) is 6.07. The summed E-state index contributed by atoms with van der Waals surface area (Å²) in [5, 5.41) is 8.50. The zero-order chi connectivity index (χ0) is 20.9. The molecule has 0 radical (unpaired) electrons. The van der Waals surface area contributed by atoms with Crippen LogP contribution in [0.1, 0.15) is 37.7 Å². The molecule has 0 atom stereocenters. The third kappa shape index (κ3) is 4.67. The van der Waals surface area contributed by atoms with Gasteiger partial charge in [0.1, 0.15) is 5.82 Å². The van der Waals surface area contributed by atoms with Crippen molar-refractivity contribution in [2.24, 2.45) is 5.10 Å². The quantitative estimate of drug-likeness (QED) is 0.791. The highest BCUT2D eigenvalue weighted by molar-refractivity contribution is 6.02. The van der Waals surface area contributed by atoms with E-state index in [0.717, 1.165) is 37.2 Å². The molecule has 2 amide bonds. The van der Waals surface area contributed by atoms with Gasteiger partial charge in [0.05, 0.1) is 17.9 Å². The first-order chi connectivity index (χ1) is 14.6. The smallest absolute Gasteiger partial charge is 0.243 e. The standard InChI is InChI=1S/C23H25FN4O2/c24-19-16-18(8-9-21(19)27-13-4-5-14-27)25-22(29)10-11-23(30)28-15-12-20(26-28)17-6-2-1-3-7-17/h1-3,6-9,16H,4-5,10-15H2,(H,25,29). The second-order valence-electron chi connectivity index (χ2n) is 7.59. The summed E-state index contributed by atoms with van der Waals surface area (Å²) in [6.45, 7) is 2.24. The molecular formula is C23H25FN4O2. The van der Waals surface area contributed by atoms with Gasteiger partial charge in [-0.1, -0.05) is 30.3 Å². The van der Waals surface area contributed by atoms with Gasteiger partial charge in [0, 0.05) is 38.0 Å². The minimum absolute atomic E-state index is 0.0288. The number of hydrogen-bond donors (Lipinski definition) is 1. The number of hydrogen-bond acceptors (Lipinski definition) is 4. The average Bonchev–Trinajstić information content (AvgIpc) is 3.45. The zero-order valence-corrected chi connectivity index (χ0v) is 16.8. The van der Waals surface area contributed by atoms with Crippen molar-refractivity contribution >= 4 is 28.9 Å². The largest absolute Gasteiger partial charge is 0.369 e. The summed E-state index contributed by atoms with van der Waals surface area (Å²) in [5.41, 5.74) is 2.85. The number of nitrogens with zero attached hydrogens (tertiary/aromatic N) is 3. The van der Waals surface area contributed by atoms with E-state index in [0.29, 0.717) is 24.3 Å². The Morgan fingerprint density at radius 2 is 1.77 bits per heavy atom. The lowest BCUT2D eigenvalue weighted by Crippen LogP contribution is -2.25. The van der Waals surface area contributed by atoms with Crippen molar-refractivity contribution < 1.29 is 14.0 Å². The highest BCUT2D eigenvalue weighted by Gasteiger charge is 2.22. The van der Waals surface area contributed by atoms with Crippen LogP contribution in [0.3, 0.4) is 0 Å².